The largest absolute Gasteiger partial charge is 0.249 e. The van der Waals surface area contributed by atoms with Gasteiger partial charge in [-0.1, -0.05) is 6.07 Å². The predicted octanol–water partition coefficient (Wildman–Crippen LogP) is 2.53. The Kier molecular flexibility index (Phi) is 1.77. The maximum Gasteiger partial charge on any atom is 0.151 e. The van der Waals surface area contributed by atoms with Crippen molar-refractivity contribution >= 4 is 27.0 Å². The maximum atomic E-state index is 13.0. The third kappa shape index (κ3) is 1.18. The SMILES string of the molecule is Fc1cccc2nc(Br)cnc12. The zero-order valence-electron chi connectivity index (χ0n) is 5.96. The van der Waals surface area contributed by atoms with Crippen LogP contribution >= 0.6 is 15.9 Å². The summed E-state index contributed by atoms with van der Waals surface area (Å²) >= 11 is 3.16. The quantitative estimate of drug-likeness (QED) is 0.691. The van der Waals surface area contributed by atoms with Gasteiger partial charge in [-0.15, -0.1) is 0 Å². The van der Waals surface area contributed by atoms with E-state index in [4.69, 9.17) is 0 Å². The van der Waals surface area contributed by atoms with Crippen LogP contribution in [0, 0.1) is 5.82 Å². The van der Waals surface area contributed by atoms with Crippen molar-refractivity contribution in [2.75, 3.05) is 0 Å². The lowest BCUT2D eigenvalue weighted by Gasteiger charge is -1.96. The number of fused-ring (bicyclic) bond motifs is 1. The van der Waals surface area contributed by atoms with E-state index in [1.165, 1.54) is 12.3 Å². The fourth-order valence-electron chi connectivity index (χ4n) is 0.984. The van der Waals surface area contributed by atoms with E-state index < -0.39 is 0 Å². The van der Waals surface area contributed by atoms with Crippen LogP contribution in [0.2, 0.25) is 0 Å². The van der Waals surface area contributed by atoms with Crippen molar-refractivity contribution in [1.82, 2.24) is 9.97 Å². The highest BCUT2D eigenvalue weighted by Crippen LogP contribution is 2.15. The maximum absolute atomic E-state index is 13.0. The topological polar surface area (TPSA) is 25.8 Å². The molecule has 0 saturated carbocycles. The van der Waals surface area contributed by atoms with Gasteiger partial charge in [-0.25, -0.2) is 14.4 Å². The van der Waals surface area contributed by atoms with Gasteiger partial charge in [0.1, 0.15) is 10.1 Å². The monoisotopic (exact) mass is 226 g/mol. The van der Waals surface area contributed by atoms with Gasteiger partial charge in [0.25, 0.3) is 0 Å². The minimum atomic E-state index is -0.340. The highest BCUT2D eigenvalue weighted by molar-refractivity contribution is 9.10. The van der Waals surface area contributed by atoms with E-state index in [-0.39, 0.29) is 5.82 Å². The fraction of sp³-hybridized carbons (Fsp3) is 0. The average molecular weight is 227 g/mol. The molecule has 0 radical (unpaired) electrons. The number of hydrogen-bond acceptors (Lipinski definition) is 2. The summed E-state index contributed by atoms with van der Waals surface area (Å²) in [6.45, 7) is 0. The van der Waals surface area contributed by atoms with E-state index >= 15 is 0 Å². The number of aromatic nitrogens is 2. The summed E-state index contributed by atoms with van der Waals surface area (Å²) < 4.78 is 13.6. The van der Waals surface area contributed by atoms with Gasteiger partial charge in [0.2, 0.25) is 0 Å². The Morgan fingerprint density at radius 2 is 2.17 bits per heavy atom. The van der Waals surface area contributed by atoms with Gasteiger partial charge in [-0.3, -0.25) is 0 Å². The second-order valence-corrected chi connectivity index (χ2v) is 3.11. The Balaban J connectivity index is 2.86. The normalized spacial score (nSPS) is 10.5. The molecule has 1 aromatic carbocycles. The standard InChI is InChI=1S/C8H4BrFN2/c9-7-4-11-8-5(10)2-1-3-6(8)12-7/h1-4H. The molecule has 0 unspecified atom stereocenters. The van der Waals surface area contributed by atoms with E-state index in [1.54, 1.807) is 12.1 Å². The number of hydrogen-bond donors (Lipinski definition) is 0. The number of nitrogens with zero attached hydrogens (tertiary/aromatic N) is 2. The van der Waals surface area contributed by atoms with Crippen LogP contribution < -0.4 is 0 Å². The highest BCUT2D eigenvalue weighted by atomic mass is 79.9. The van der Waals surface area contributed by atoms with E-state index in [2.05, 4.69) is 25.9 Å². The van der Waals surface area contributed by atoms with Gasteiger partial charge < -0.3 is 0 Å². The molecule has 12 heavy (non-hydrogen) atoms. The van der Waals surface area contributed by atoms with Gasteiger partial charge in [0.15, 0.2) is 5.82 Å². The van der Waals surface area contributed by atoms with E-state index in [9.17, 15) is 4.39 Å². The zero-order valence-corrected chi connectivity index (χ0v) is 7.55. The lowest BCUT2D eigenvalue weighted by atomic mass is 10.3. The van der Waals surface area contributed by atoms with Crippen molar-refractivity contribution in [3.8, 4) is 0 Å². The van der Waals surface area contributed by atoms with Gasteiger partial charge in [-0.2, -0.15) is 0 Å². The van der Waals surface area contributed by atoms with Crippen LogP contribution in [-0.4, -0.2) is 9.97 Å². The summed E-state index contributed by atoms with van der Waals surface area (Å²) in [6, 6.07) is 4.69. The molecule has 2 nitrogen and oxygen atoms in total. The van der Waals surface area contributed by atoms with Crippen molar-refractivity contribution in [3.05, 3.63) is 34.8 Å². The van der Waals surface area contributed by atoms with Crippen LogP contribution in [0.3, 0.4) is 0 Å². The Morgan fingerprint density at radius 1 is 1.33 bits per heavy atom. The second kappa shape index (κ2) is 2.79. The predicted molar refractivity (Wildman–Crippen MR) is 47.2 cm³/mol. The van der Waals surface area contributed by atoms with E-state index in [1.807, 2.05) is 0 Å². The molecular weight excluding hydrogens is 223 g/mol. The molecule has 0 atom stereocenters. The van der Waals surface area contributed by atoms with Crippen LogP contribution in [0.4, 0.5) is 4.39 Å². The molecule has 0 amide bonds. The molecule has 1 aromatic heterocycles. The van der Waals surface area contributed by atoms with E-state index in [0.29, 0.717) is 15.6 Å². The Hall–Kier alpha value is -1.03. The van der Waals surface area contributed by atoms with Gasteiger partial charge in [0, 0.05) is 0 Å². The fourth-order valence-corrected chi connectivity index (χ4v) is 1.28. The number of para-hydroxylation sites is 1. The van der Waals surface area contributed by atoms with Gasteiger partial charge in [-0.05, 0) is 28.1 Å². The lowest BCUT2D eigenvalue weighted by molar-refractivity contribution is 0.636. The molecule has 0 aliphatic rings. The van der Waals surface area contributed by atoms with Crippen molar-refractivity contribution < 1.29 is 4.39 Å². The minimum Gasteiger partial charge on any atom is -0.249 e. The summed E-state index contributed by atoms with van der Waals surface area (Å²) in [5.74, 6) is -0.340. The lowest BCUT2D eigenvalue weighted by Crippen LogP contribution is -1.87. The molecule has 60 valence electrons. The number of benzene rings is 1. The molecule has 1 heterocycles. The number of halogens is 2. The molecular formula is C8H4BrFN2. The first kappa shape index (κ1) is 7.61. The first-order chi connectivity index (χ1) is 5.77. The summed E-state index contributed by atoms with van der Waals surface area (Å²) in [7, 11) is 0. The van der Waals surface area contributed by atoms with Crippen molar-refractivity contribution in [1.29, 1.82) is 0 Å². The van der Waals surface area contributed by atoms with Gasteiger partial charge in [0.05, 0.1) is 11.7 Å². The Labute approximate surface area is 76.6 Å². The summed E-state index contributed by atoms with van der Waals surface area (Å²) in [6.07, 6.45) is 1.48. The van der Waals surface area contributed by atoms with Crippen LogP contribution in [0.5, 0.6) is 0 Å². The molecule has 2 rings (SSSR count). The minimum absolute atomic E-state index is 0.306. The Bertz CT molecular complexity index is 430. The third-order valence-electron chi connectivity index (χ3n) is 1.49. The first-order valence-electron chi connectivity index (χ1n) is 3.34. The van der Waals surface area contributed by atoms with Crippen LogP contribution in [0.15, 0.2) is 29.0 Å². The molecule has 0 spiro atoms. The molecule has 0 aliphatic carbocycles. The summed E-state index contributed by atoms with van der Waals surface area (Å²) in [5, 5.41) is 0. The molecule has 4 heteroatoms. The molecule has 0 bridgehead atoms. The zero-order chi connectivity index (χ0) is 8.55. The van der Waals surface area contributed by atoms with Crippen molar-refractivity contribution in [2.24, 2.45) is 0 Å². The highest BCUT2D eigenvalue weighted by Gasteiger charge is 2.01. The summed E-state index contributed by atoms with van der Waals surface area (Å²) in [4.78, 5) is 7.95. The molecule has 0 aliphatic heterocycles. The average Bonchev–Trinajstić information content (AvgIpc) is 2.04. The first-order valence-corrected chi connectivity index (χ1v) is 4.13. The van der Waals surface area contributed by atoms with Crippen molar-refractivity contribution in [2.45, 2.75) is 0 Å². The van der Waals surface area contributed by atoms with Gasteiger partial charge >= 0.3 is 0 Å². The van der Waals surface area contributed by atoms with Crippen LogP contribution in [0.25, 0.3) is 11.0 Å². The molecule has 0 N–H and O–H groups in total. The smallest absolute Gasteiger partial charge is 0.151 e. The molecule has 0 fully saturated rings. The van der Waals surface area contributed by atoms with Crippen LogP contribution in [0.1, 0.15) is 0 Å². The molecule has 2 aromatic rings. The molecule has 0 saturated heterocycles. The summed E-state index contributed by atoms with van der Waals surface area (Å²) in [5.41, 5.74) is 0.866. The Morgan fingerprint density at radius 3 is 3.00 bits per heavy atom. The number of rotatable bonds is 0. The van der Waals surface area contributed by atoms with Crippen molar-refractivity contribution in [3.63, 3.8) is 0 Å². The van der Waals surface area contributed by atoms with E-state index in [0.717, 1.165) is 0 Å². The van der Waals surface area contributed by atoms with Crippen LogP contribution in [-0.2, 0) is 0 Å². The second-order valence-electron chi connectivity index (χ2n) is 2.30. The third-order valence-corrected chi connectivity index (χ3v) is 1.87.